The van der Waals surface area contributed by atoms with Crippen LogP contribution < -0.4 is 5.73 Å². The van der Waals surface area contributed by atoms with Gasteiger partial charge in [0, 0.05) is 44.4 Å². The molecule has 1 saturated heterocycles. The highest BCUT2D eigenvalue weighted by molar-refractivity contribution is 5.96. The van der Waals surface area contributed by atoms with Gasteiger partial charge < -0.3 is 15.5 Å². The van der Waals surface area contributed by atoms with Crippen molar-refractivity contribution in [2.75, 3.05) is 31.9 Å². The summed E-state index contributed by atoms with van der Waals surface area (Å²) in [4.78, 5) is 27.2. The van der Waals surface area contributed by atoms with E-state index in [-0.39, 0.29) is 11.8 Å². The molecule has 1 heterocycles. The van der Waals surface area contributed by atoms with Crippen molar-refractivity contribution in [3.63, 3.8) is 0 Å². The lowest BCUT2D eigenvalue weighted by Gasteiger charge is -2.34. The second kappa shape index (κ2) is 5.30. The minimum absolute atomic E-state index is 0.00648. The number of nitrogen functional groups attached to an aromatic ring is 1. The molecule has 1 aromatic rings. The molecule has 0 aromatic heterocycles. The van der Waals surface area contributed by atoms with Crippen LogP contribution in [0.5, 0.6) is 0 Å². The minimum atomic E-state index is -0.00648. The molecule has 2 rings (SSSR count). The topological polar surface area (TPSA) is 66.6 Å². The molecule has 1 aliphatic rings. The number of benzene rings is 1. The zero-order valence-electron chi connectivity index (χ0n) is 11.3. The van der Waals surface area contributed by atoms with Gasteiger partial charge in [-0.1, -0.05) is 6.07 Å². The van der Waals surface area contributed by atoms with Crippen molar-refractivity contribution in [1.82, 2.24) is 9.80 Å². The second-order valence-electron chi connectivity index (χ2n) is 4.87. The highest BCUT2D eigenvalue weighted by Gasteiger charge is 2.24. The molecule has 0 bridgehead atoms. The number of carbonyl (C=O) groups excluding carboxylic acids is 2. The number of aryl methyl sites for hydroxylation is 1. The molecule has 1 fully saturated rings. The Hall–Kier alpha value is -2.04. The molecule has 1 aliphatic heterocycles. The summed E-state index contributed by atoms with van der Waals surface area (Å²) in [6.45, 7) is 5.81. The number of rotatable bonds is 1. The van der Waals surface area contributed by atoms with Gasteiger partial charge in [-0.05, 0) is 24.6 Å². The van der Waals surface area contributed by atoms with E-state index < -0.39 is 0 Å². The van der Waals surface area contributed by atoms with Crippen LogP contribution in [-0.4, -0.2) is 47.8 Å². The van der Waals surface area contributed by atoms with Gasteiger partial charge in [-0.2, -0.15) is 0 Å². The monoisotopic (exact) mass is 261 g/mol. The third-order valence-electron chi connectivity index (χ3n) is 3.50. The zero-order valence-corrected chi connectivity index (χ0v) is 11.3. The van der Waals surface area contributed by atoms with E-state index in [1.54, 1.807) is 28.9 Å². The summed E-state index contributed by atoms with van der Waals surface area (Å²) in [6.07, 6.45) is 0. The third kappa shape index (κ3) is 2.86. The van der Waals surface area contributed by atoms with Crippen molar-refractivity contribution in [2.45, 2.75) is 13.8 Å². The van der Waals surface area contributed by atoms with E-state index in [0.717, 1.165) is 5.56 Å². The molecule has 0 radical (unpaired) electrons. The quantitative estimate of drug-likeness (QED) is 0.763. The summed E-state index contributed by atoms with van der Waals surface area (Å²) >= 11 is 0. The SMILES string of the molecule is CC(=O)N1CCN(C(=O)c2cc(N)ccc2C)CC1. The van der Waals surface area contributed by atoms with Crippen LogP contribution in [0.15, 0.2) is 18.2 Å². The number of piperazine rings is 1. The van der Waals surface area contributed by atoms with Crippen LogP contribution in [0.25, 0.3) is 0 Å². The zero-order chi connectivity index (χ0) is 14.0. The normalized spacial score (nSPS) is 15.5. The van der Waals surface area contributed by atoms with Crippen LogP contribution >= 0.6 is 0 Å². The van der Waals surface area contributed by atoms with Gasteiger partial charge in [0.15, 0.2) is 0 Å². The Morgan fingerprint density at radius 2 is 1.68 bits per heavy atom. The number of hydrogen-bond donors (Lipinski definition) is 1. The van der Waals surface area contributed by atoms with Gasteiger partial charge in [-0.3, -0.25) is 9.59 Å². The number of anilines is 1. The van der Waals surface area contributed by atoms with Gasteiger partial charge in [-0.25, -0.2) is 0 Å². The predicted molar refractivity (Wildman–Crippen MR) is 73.7 cm³/mol. The molecule has 0 unspecified atom stereocenters. The highest BCUT2D eigenvalue weighted by Crippen LogP contribution is 2.16. The van der Waals surface area contributed by atoms with Crippen LogP contribution in [0.1, 0.15) is 22.8 Å². The third-order valence-corrected chi connectivity index (χ3v) is 3.50. The molecular formula is C14H19N3O2. The maximum atomic E-state index is 12.4. The molecule has 0 aliphatic carbocycles. The van der Waals surface area contributed by atoms with Crippen LogP contribution in [0.4, 0.5) is 5.69 Å². The maximum Gasteiger partial charge on any atom is 0.254 e. The molecule has 2 amide bonds. The van der Waals surface area contributed by atoms with Crippen molar-refractivity contribution in [3.8, 4) is 0 Å². The first-order chi connectivity index (χ1) is 8.99. The summed E-state index contributed by atoms with van der Waals surface area (Å²) in [5.41, 5.74) is 7.90. The second-order valence-corrected chi connectivity index (χ2v) is 4.87. The van der Waals surface area contributed by atoms with E-state index in [2.05, 4.69) is 0 Å². The van der Waals surface area contributed by atoms with Gasteiger partial charge in [-0.15, -0.1) is 0 Å². The number of hydrogen-bond acceptors (Lipinski definition) is 3. The Balaban J connectivity index is 2.09. The standard InChI is InChI=1S/C14H19N3O2/c1-10-3-4-12(15)9-13(10)14(19)17-7-5-16(6-8-17)11(2)18/h3-4,9H,5-8,15H2,1-2H3. The minimum Gasteiger partial charge on any atom is -0.399 e. The smallest absolute Gasteiger partial charge is 0.254 e. The van der Waals surface area contributed by atoms with Gasteiger partial charge in [0.1, 0.15) is 0 Å². The van der Waals surface area contributed by atoms with Crippen LogP contribution in [0.2, 0.25) is 0 Å². The predicted octanol–water partition coefficient (Wildman–Crippen LogP) is 0.882. The van der Waals surface area contributed by atoms with Crippen LogP contribution in [-0.2, 0) is 4.79 Å². The lowest BCUT2D eigenvalue weighted by Crippen LogP contribution is -2.50. The van der Waals surface area contributed by atoms with Crippen molar-refractivity contribution in [2.24, 2.45) is 0 Å². The molecule has 0 atom stereocenters. The fourth-order valence-electron chi connectivity index (χ4n) is 2.26. The molecule has 0 saturated carbocycles. The van der Waals surface area contributed by atoms with E-state index in [9.17, 15) is 9.59 Å². The van der Waals surface area contributed by atoms with Gasteiger partial charge in [0.25, 0.3) is 5.91 Å². The summed E-state index contributed by atoms with van der Waals surface area (Å²) in [7, 11) is 0. The number of amides is 2. The van der Waals surface area contributed by atoms with Crippen molar-refractivity contribution >= 4 is 17.5 Å². The Kier molecular flexibility index (Phi) is 3.74. The van der Waals surface area contributed by atoms with Crippen molar-refractivity contribution < 1.29 is 9.59 Å². The van der Waals surface area contributed by atoms with Gasteiger partial charge in [0.2, 0.25) is 5.91 Å². The highest BCUT2D eigenvalue weighted by atomic mass is 16.2. The fourth-order valence-corrected chi connectivity index (χ4v) is 2.26. The lowest BCUT2D eigenvalue weighted by atomic mass is 10.1. The van der Waals surface area contributed by atoms with Gasteiger partial charge >= 0.3 is 0 Å². The molecule has 5 heteroatoms. The average molecular weight is 261 g/mol. The molecule has 102 valence electrons. The first-order valence-corrected chi connectivity index (χ1v) is 6.40. The number of nitrogens with two attached hydrogens (primary N) is 1. The molecule has 5 nitrogen and oxygen atoms in total. The maximum absolute atomic E-state index is 12.4. The van der Waals surface area contributed by atoms with E-state index in [1.807, 2.05) is 13.0 Å². The van der Waals surface area contributed by atoms with Gasteiger partial charge in [0.05, 0.1) is 0 Å². The Labute approximate surface area is 113 Å². The Morgan fingerprint density at radius 3 is 2.26 bits per heavy atom. The molecule has 2 N–H and O–H groups in total. The largest absolute Gasteiger partial charge is 0.399 e. The van der Waals surface area contributed by atoms with E-state index in [1.165, 1.54) is 0 Å². The summed E-state index contributed by atoms with van der Waals surface area (Å²) in [5, 5.41) is 0. The van der Waals surface area contributed by atoms with E-state index >= 15 is 0 Å². The van der Waals surface area contributed by atoms with Crippen LogP contribution in [0.3, 0.4) is 0 Å². The lowest BCUT2D eigenvalue weighted by molar-refractivity contribution is -0.130. The first-order valence-electron chi connectivity index (χ1n) is 6.40. The van der Waals surface area contributed by atoms with Crippen LogP contribution in [0, 0.1) is 6.92 Å². The number of carbonyl (C=O) groups is 2. The molecule has 0 spiro atoms. The summed E-state index contributed by atoms with van der Waals surface area (Å²) in [5.74, 6) is 0.0558. The van der Waals surface area contributed by atoms with Crippen molar-refractivity contribution in [1.29, 1.82) is 0 Å². The summed E-state index contributed by atoms with van der Waals surface area (Å²) < 4.78 is 0. The summed E-state index contributed by atoms with van der Waals surface area (Å²) in [6, 6.07) is 5.36. The van der Waals surface area contributed by atoms with E-state index in [0.29, 0.717) is 37.4 Å². The Bertz CT molecular complexity index is 505. The average Bonchev–Trinajstić information content (AvgIpc) is 2.41. The number of nitrogens with zero attached hydrogens (tertiary/aromatic N) is 2. The van der Waals surface area contributed by atoms with Crippen molar-refractivity contribution in [3.05, 3.63) is 29.3 Å². The molecule has 19 heavy (non-hydrogen) atoms. The molecule has 1 aromatic carbocycles. The van der Waals surface area contributed by atoms with E-state index in [4.69, 9.17) is 5.73 Å². The fraction of sp³-hybridized carbons (Fsp3) is 0.429. The Morgan fingerprint density at radius 1 is 1.11 bits per heavy atom. The first kappa shape index (κ1) is 13.4. The molecular weight excluding hydrogens is 242 g/mol.